The van der Waals surface area contributed by atoms with Crippen LogP contribution < -0.4 is 0 Å². The number of benzene rings is 1. The molecule has 6 heteroatoms. The van der Waals surface area contributed by atoms with Crippen molar-refractivity contribution >= 4 is 46.0 Å². The molecule has 0 saturated carbocycles. The molecule has 0 aliphatic carbocycles. The van der Waals surface area contributed by atoms with E-state index in [2.05, 4.69) is 44.8 Å². The molecule has 2 aromatic heterocycles. The summed E-state index contributed by atoms with van der Waals surface area (Å²) in [7, 11) is 1.93. The lowest BCUT2D eigenvalue weighted by Crippen LogP contribution is -2.02. The zero-order valence-electron chi connectivity index (χ0n) is 9.94. The summed E-state index contributed by atoms with van der Waals surface area (Å²) in [6, 6.07) is 8.17. The molecule has 4 nitrogen and oxygen atoms in total. The van der Waals surface area contributed by atoms with Crippen molar-refractivity contribution in [3.63, 3.8) is 0 Å². The summed E-state index contributed by atoms with van der Waals surface area (Å²) in [5.41, 5.74) is 4.05. The molecule has 0 atom stereocenters. The molecule has 18 heavy (non-hydrogen) atoms. The molecule has 1 N–H and O–H groups in total. The van der Waals surface area contributed by atoms with E-state index in [4.69, 9.17) is 12.2 Å². The van der Waals surface area contributed by atoms with Crippen LogP contribution in [0.1, 0.15) is 5.69 Å². The molecular weight excluding hydrogens is 359 g/mol. The number of H-pyrrole nitrogens is 1. The lowest BCUT2D eigenvalue weighted by atomic mass is 10.3. The molecular formula is C12H11IN4S. The van der Waals surface area contributed by atoms with Crippen LogP contribution in [0.4, 0.5) is 0 Å². The van der Waals surface area contributed by atoms with Crippen molar-refractivity contribution in [2.45, 2.75) is 6.92 Å². The second-order valence-electron chi connectivity index (χ2n) is 4.12. The van der Waals surface area contributed by atoms with Crippen LogP contribution in [0, 0.1) is 15.3 Å². The molecule has 3 rings (SSSR count). The number of aryl methyl sites for hydroxylation is 2. The second kappa shape index (κ2) is 4.20. The zero-order chi connectivity index (χ0) is 12.9. The minimum atomic E-state index is 0.699. The highest BCUT2D eigenvalue weighted by atomic mass is 127. The van der Waals surface area contributed by atoms with Gasteiger partial charge in [-0.25, -0.2) is 4.68 Å². The summed E-state index contributed by atoms with van der Waals surface area (Å²) >= 11 is 7.75. The molecule has 1 aromatic carbocycles. The Morgan fingerprint density at radius 1 is 1.33 bits per heavy atom. The molecule has 0 bridgehead atoms. The maximum absolute atomic E-state index is 5.43. The van der Waals surface area contributed by atoms with E-state index in [0.717, 1.165) is 26.1 Å². The van der Waals surface area contributed by atoms with Gasteiger partial charge in [0.15, 0.2) is 10.4 Å². The van der Waals surface area contributed by atoms with E-state index < -0.39 is 0 Å². The molecule has 0 saturated heterocycles. The molecule has 3 aromatic rings. The fourth-order valence-corrected chi connectivity index (χ4v) is 3.08. The van der Waals surface area contributed by atoms with Gasteiger partial charge in [-0.1, -0.05) is 12.1 Å². The van der Waals surface area contributed by atoms with Crippen LogP contribution in [0.25, 0.3) is 16.9 Å². The quantitative estimate of drug-likeness (QED) is 0.527. The molecule has 0 aliphatic heterocycles. The zero-order valence-corrected chi connectivity index (χ0v) is 12.9. The molecule has 92 valence electrons. The van der Waals surface area contributed by atoms with Gasteiger partial charge < -0.3 is 4.98 Å². The number of halogens is 1. The Bertz CT molecular complexity index is 796. The van der Waals surface area contributed by atoms with E-state index in [-0.39, 0.29) is 0 Å². The molecule has 0 amide bonds. The predicted molar refractivity (Wildman–Crippen MR) is 82.7 cm³/mol. The molecule has 2 heterocycles. The molecule has 0 fully saturated rings. The smallest absolute Gasteiger partial charge is 0.184 e. The minimum Gasteiger partial charge on any atom is -0.327 e. The Balaban J connectivity index is 2.46. The number of hydrogen-bond donors (Lipinski definition) is 1. The van der Waals surface area contributed by atoms with E-state index in [1.165, 1.54) is 0 Å². The van der Waals surface area contributed by atoms with Crippen molar-refractivity contribution in [2.24, 2.45) is 7.05 Å². The molecule has 0 aliphatic rings. The predicted octanol–water partition coefficient (Wildman–Crippen LogP) is 3.33. The highest BCUT2D eigenvalue weighted by molar-refractivity contribution is 14.1. The first-order chi connectivity index (χ1) is 8.59. The monoisotopic (exact) mass is 370 g/mol. The van der Waals surface area contributed by atoms with Gasteiger partial charge in [0.1, 0.15) is 5.52 Å². The molecule has 0 spiro atoms. The van der Waals surface area contributed by atoms with Crippen molar-refractivity contribution in [1.82, 2.24) is 19.3 Å². The van der Waals surface area contributed by atoms with Crippen LogP contribution in [0.15, 0.2) is 24.3 Å². The second-order valence-corrected chi connectivity index (χ2v) is 5.67. The maximum atomic E-state index is 5.43. The van der Waals surface area contributed by atoms with Gasteiger partial charge in [-0.15, -0.1) is 0 Å². The van der Waals surface area contributed by atoms with Gasteiger partial charge in [-0.3, -0.25) is 4.57 Å². The van der Waals surface area contributed by atoms with Crippen molar-refractivity contribution in [2.75, 3.05) is 0 Å². The van der Waals surface area contributed by atoms with Gasteiger partial charge in [-0.2, -0.15) is 5.10 Å². The number of nitrogens with one attached hydrogen (secondary N) is 1. The summed E-state index contributed by atoms with van der Waals surface area (Å²) in [4.78, 5) is 3.23. The summed E-state index contributed by atoms with van der Waals surface area (Å²) in [5.74, 6) is 0. The van der Waals surface area contributed by atoms with Crippen LogP contribution >= 0.6 is 34.8 Å². The third-order valence-electron chi connectivity index (χ3n) is 2.93. The van der Waals surface area contributed by atoms with E-state index >= 15 is 0 Å². The number of para-hydroxylation sites is 1. The fourth-order valence-electron chi connectivity index (χ4n) is 2.16. The van der Waals surface area contributed by atoms with Crippen molar-refractivity contribution < 1.29 is 0 Å². The molecule has 0 unspecified atom stereocenters. The number of aromatic nitrogens is 4. The first kappa shape index (κ1) is 11.9. The Morgan fingerprint density at radius 2 is 2.06 bits per heavy atom. The number of fused-ring (bicyclic) bond motifs is 1. The van der Waals surface area contributed by atoms with Crippen LogP contribution in [-0.2, 0) is 7.05 Å². The van der Waals surface area contributed by atoms with Crippen LogP contribution in [0.5, 0.6) is 0 Å². The highest BCUT2D eigenvalue weighted by Gasteiger charge is 2.15. The normalized spacial score (nSPS) is 11.3. The summed E-state index contributed by atoms with van der Waals surface area (Å²) in [5, 5.41) is 4.42. The summed E-state index contributed by atoms with van der Waals surface area (Å²) in [6.45, 7) is 1.98. The van der Waals surface area contributed by atoms with Crippen LogP contribution in [0.2, 0.25) is 0 Å². The number of rotatable bonds is 1. The average Bonchev–Trinajstić information content (AvgIpc) is 2.79. The van der Waals surface area contributed by atoms with Gasteiger partial charge >= 0.3 is 0 Å². The topological polar surface area (TPSA) is 38.5 Å². The first-order valence-electron chi connectivity index (χ1n) is 5.49. The van der Waals surface area contributed by atoms with Gasteiger partial charge in [0.25, 0.3) is 0 Å². The number of imidazole rings is 1. The fraction of sp³-hybridized carbons (Fsp3) is 0.167. The van der Waals surface area contributed by atoms with Gasteiger partial charge in [-0.05, 0) is 53.9 Å². The minimum absolute atomic E-state index is 0.699. The van der Waals surface area contributed by atoms with Crippen molar-refractivity contribution in [3.8, 4) is 5.69 Å². The maximum Gasteiger partial charge on any atom is 0.184 e. The first-order valence-corrected chi connectivity index (χ1v) is 6.97. The SMILES string of the molecule is Cc1nn(C)c2c1[nH]c(=S)n2-c1ccccc1I. The lowest BCUT2D eigenvalue weighted by Gasteiger charge is -2.06. The van der Waals surface area contributed by atoms with Crippen molar-refractivity contribution in [3.05, 3.63) is 38.3 Å². The number of nitrogens with zero attached hydrogens (tertiary/aromatic N) is 3. The van der Waals surface area contributed by atoms with Crippen LogP contribution in [0.3, 0.4) is 0 Å². The Morgan fingerprint density at radius 3 is 2.78 bits per heavy atom. The van der Waals surface area contributed by atoms with E-state index in [1.807, 2.05) is 35.4 Å². The average molecular weight is 370 g/mol. The van der Waals surface area contributed by atoms with E-state index in [1.54, 1.807) is 0 Å². The van der Waals surface area contributed by atoms with E-state index in [9.17, 15) is 0 Å². The highest BCUT2D eigenvalue weighted by Crippen LogP contribution is 2.24. The molecule has 0 radical (unpaired) electrons. The van der Waals surface area contributed by atoms with E-state index in [0.29, 0.717) is 4.77 Å². The Labute approximate surface area is 123 Å². The van der Waals surface area contributed by atoms with Crippen LogP contribution in [-0.4, -0.2) is 19.3 Å². The van der Waals surface area contributed by atoms with Gasteiger partial charge in [0.05, 0.1) is 11.4 Å². The lowest BCUT2D eigenvalue weighted by molar-refractivity contribution is 0.759. The number of aromatic amines is 1. The largest absolute Gasteiger partial charge is 0.327 e. The summed E-state index contributed by atoms with van der Waals surface area (Å²) in [6.07, 6.45) is 0. The third kappa shape index (κ3) is 1.63. The van der Waals surface area contributed by atoms with Gasteiger partial charge in [0.2, 0.25) is 0 Å². The van der Waals surface area contributed by atoms with Gasteiger partial charge in [0, 0.05) is 10.6 Å². The summed E-state index contributed by atoms with van der Waals surface area (Å²) < 4.78 is 5.75. The number of hydrogen-bond acceptors (Lipinski definition) is 2. The Kier molecular flexibility index (Phi) is 2.78. The standard InChI is InChI=1S/C12H11IN4S/c1-7-10-11(16(2)15-7)17(12(18)14-10)9-6-4-3-5-8(9)13/h3-6H,1-2H3,(H,14,18). The third-order valence-corrected chi connectivity index (χ3v) is 4.13. The van der Waals surface area contributed by atoms with Crippen molar-refractivity contribution in [1.29, 1.82) is 0 Å². The Hall–Kier alpha value is -1.15.